The zero-order chi connectivity index (χ0) is 34.6. The lowest BCUT2D eigenvalue weighted by Crippen LogP contribution is -2.67. The van der Waals surface area contributed by atoms with Gasteiger partial charge in [-0.15, -0.1) is 0 Å². The van der Waals surface area contributed by atoms with Gasteiger partial charge in [0.1, 0.15) is 36.6 Å². The van der Waals surface area contributed by atoms with E-state index in [1.807, 2.05) is 0 Å². The van der Waals surface area contributed by atoms with Gasteiger partial charge >= 0.3 is 0 Å². The lowest BCUT2D eigenvalue weighted by Gasteiger charge is -2.46. The summed E-state index contributed by atoms with van der Waals surface area (Å²) in [5.74, 6) is -5.46. The standard InChI is InChI=1S/C27H51F2N7O11/c28-27(29,9-32)22(40)23(41)36-15-5-14(35)19(45-24-12(33)3-1-10(6-30)42-24)21(17(15)38)47-26-18(39)20(16(8-37)44-26)46-25-13(34)4-2-11(7-31)43-25/h10-22,24-26,37-40H,1-9,30-35H2,(H,36,41)/t10-,11+,12+,13+,14-,15+,16+,17-,18+,19+,20+,21+,22+,24+,25+,26-/m0/s1. The van der Waals surface area contributed by atoms with Crippen LogP contribution in [0.5, 0.6) is 0 Å². The van der Waals surface area contributed by atoms with Crippen molar-refractivity contribution in [3.8, 4) is 0 Å². The molecule has 0 bridgehead atoms. The molecular weight excluding hydrogens is 636 g/mol. The minimum absolute atomic E-state index is 0.183. The van der Waals surface area contributed by atoms with Crippen molar-refractivity contribution in [2.75, 3.05) is 26.2 Å². The summed E-state index contributed by atoms with van der Waals surface area (Å²) in [6.07, 6.45) is -13.5. The molecule has 1 saturated carbocycles. The summed E-state index contributed by atoms with van der Waals surface area (Å²) >= 11 is 0. The van der Waals surface area contributed by atoms with E-state index in [2.05, 4.69) is 5.32 Å². The largest absolute Gasteiger partial charge is 0.394 e. The number of aliphatic hydroxyl groups excluding tert-OH is 4. The average Bonchev–Trinajstić information content (AvgIpc) is 3.35. The summed E-state index contributed by atoms with van der Waals surface area (Å²) in [5.41, 5.74) is 35.3. The number of hydrogen-bond donors (Lipinski definition) is 11. The number of nitrogens with one attached hydrogen (secondary N) is 1. The lowest BCUT2D eigenvalue weighted by molar-refractivity contribution is -0.288. The van der Waals surface area contributed by atoms with Crippen LogP contribution in [-0.2, 0) is 33.2 Å². The van der Waals surface area contributed by atoms with E-state index in [-0.39, 0.29) is 31.7 Å². The Morgan fingerprint density at radius 2 is 1.34 bits per heavy atom. The highest BCUT2D eigenvalue weighted by Crippen LogP contribution is 2.34. The van der Waals surface area contributed by atoms with Crippen molar-refractivity contribution in [3.05, 3.63) is 0 Å². The van der Waals surface area contributed by atoms with E-state index >= 15 is 0 Å². The van der Waals surface area contributed by atoms with Gasteiger partial charge in [-0.1, -0.05) is 0 Å². The zero-order valence-corrected chi connectivity index (χ0v) is 26.0. The summed E-state index contributed by atoms with van der Waals surface area (Å²) < 4.78 is 63.6. The monoisotopic (exact) mass is 687 g/mol. The molecule has 4 fully saturated rings. The summed E-state index contributed by atoms with van der Waals surface area (Å²) in [7, 11) is 0. The molecule has 0 unspecified atom stereocenters. The topological polar surface area (TPSA) is 322 Å². The molecule has 4 rings (SSSR count). The first-order chi connectivity index (χ1) is 22.2. The molecule has 16 atom stereocenters. The fourth-order valence-corrected chi connectivity index (χ4v) is 6.24. The number of carbonyl (C=O) groups is 1. The van der Waals surface area contributed by atoms with Crippen molar-refractivity contribution in [2.45, 2.75) is 136 Å². The first kappa shape index (κ1) is 38.5. The van der Waals surface area contributed by atoms with Gasteiger partial charge in [-0.3, -0.25) is 4.79 Å². The Morgan fingerprint density at radius 3 is 1.85 bits per heavy atom. The van der Waals surface area contributed by atoms with Crippen LogP contribution in [0.2, 0.25) is 0 Å². The molecule has 1 amide bonds. The van der Waals surface area contributed by atoms with E-state index in [0.717, 1.165) is 0 Å². The molecule has 47 heavy (non-hydrogen) atoms. The van der Waals surface area contributed by atoms with E-state index < -0.39 is 111 Å². The van der Waals surface area contributed by atoms with Gasteiger partial charge in [0.2, 0.25) is 0 Å². The van der Waals surface area contributed by atoms with Crippen LogP contribution in [0.4, 0.5) is 8.78 Å². The molecule has 0 aromatic carbocycles. The molecule has 0 radical (unpaired) electrons. The van der Waals surface area contributed by atoms with Crippen LogP contribution < -0.4 is 39.7 Å². The molecule has 3 aliphatic heterocycles. The minimum Gasteiger partial charge on any atom is -0.394 e. The molecule has 1 aliphatic carbocycles. The number of ether oxygens (including phenoxy) is 6. The highest BCUT2D eigenvalue weighted by atomic mass is 19.3. The third-order valence-electron chi connectivity index (χ3n) is 9.14. The van der Waals surface area contributed by atoms with E-state index in [0.29, 0.717) is 25.7 Å². The summed E-state index contributed by atoms with van der Waals surface area (Å²) in [6, 6.07) is -3.57. The van der Waals surface area contributed by atoms with Crippen LogP contribution in [0.3, 0.4) is 0 Å². The normalized spacial score (nSPS) is 43.9. The Labute approximate surface area is 270 Å². The summed E-state index contributed by atoms with van der Waals surface area (Å²) in [6.45, 7) is -1.53. The zero-order valence-electron chi connectivity index (χ0n) is 26.0. The second kappa shape index (κ2) is 16.6. The maximum absolute atomic E-state index is 14.0. The molecule has 18 nitrogen and oxygen atoms in total. The van der Waals surface area contributed by atoms with Gasteiger partial charge < -0.3 is 88.6 Å². The van der Waals surface area contributed by atoms with Gasteiger partial charge in [0, 0.05) is 19.1 Å². The van der Waals surface area contributed by atoms with Crippen molar-refractivity contribution in [2.24, 2.45) is 34.4 Å². The molecule has 17 N–H and O–H groups in total. The molecule has 0 spiro atoms. The van der Waals surface area contributed by atoms with E-state index in [1.165, 1.54) is 0 Å². The van der Waals surface area contributed by atoms with Crippen LogP contribution in [0.25, 0.3) is 0 Å². The average molecular weight is 688 g/mol. The van der Waals surface area contributed by atoms with Gasteiger partial charge in [0.15, 0.2) is 25.0 Å². The summed E-state index contributed by atoms with van der Waals surface area (Å²) in [5, 5.41) is 44.9. The number of aliphatic hydroxyl groups is 4. The number of halogens is 2. The molecule has 4 aliphatic rings. The van der Waals surface area contributed by atoms with Gasteiger partial charge in [0.05, 0.1) is 43.5 Å². The predicted molar refractivity (Wildman–Crippen MR) is 157 cm³/mol. The Bertz CT molecular complexity index is 1010. The first-order valence-corrected chi connectivity index (χ1v) is 15.9. The lowest BCUT2D eigenvalue weighted by atomic mass is 9.83. The number of carbonyl (C=O) groups excluding carboxylic acids is 1. The van der Waals surface area contributed by atoms with E-state index in [9.17, 15) is 34.0 Å². The van der Waals surface area contributed by atoms with Crippen molar-refractivity contribution in [3.63, 3.8) is 0 Å². The van der Waals surface area contributed by atoms with E-state index in [4.69, 9.17) is 62.8 Å². The SMILES string of the molecule is NC[C@@H]1CC[C@@H](N)[C@@H](O[C@H]2[C@H](O[C@@H]3O[C@H](CO)[C@@H](O[C@H]4O[C@@H](CN)CC[C@H]4N)[C@H]3O)[C@@H](O)[C@H](NC(=O)[C@@H](O)C(F)(F)CN)C[C@@H]2N)O1. The molecule has 3 heterocycles. The van der Waals surface area contributed by atoms with Crippen molar-refractivity contribution < 1.29 is 62.4 Å². The van der Waals surface area contributed by atoms with Crippen molar-refractivity contribution in [1.82, 2.24) is 5.32 Å². The molecular formula is C27H51F2N7O11. The van der Waals surface area contributed by atoms with Gasteiger partial charge in [0.25, 0.3) is 11.8 Å². The van der Waals surface area contributed by atoms with Crippen LogP contribution >= 0.6 is 0 Å². The first-order valence-electron chi connectivity index (χ1n) is 15.9. The number of amides is 1. The number of nitrogens with two attached hydrogens (primary N) is 6. The second-order valence-electron chi connectivity index (χ2n) is 12.6. The number of alkyl halides is 2. The Kier molecular flexibility index (Phi) is 13.6. The third kappa shape index (κ3) is 8.89. The molecule has 20 heteroatoms. The minimum atomic E-state index is -3.95. The molecule has 274 valence electrons. The quantitative estimate of drug-likeness (QED) is 0.0859. The Balaban J connectivity index is 1.55. The van der Waals surface area contributed by atoms with Crippen molar-refractivity contribution >= 4 is 5.91 Å². The number of hydrogen-bond acceptors (Lipinski definition) is 17. The van der Waals surface area contributed by atoms with Gasteiger partial charge in [-0.2, -0.15) is 0 Å². The third-order valence-corrected chi connectivity index (χ3v) is 9.14. The highest BCUT2D eigenvalue weighted by molar-refractivity contribution is 5.82. The van der Waals surface area contributed by atoms with Crippen LogP contribution in [-0.4, -0.2) is 156 Å². The Morgan fingerprint density at radius 1 is 0.809 bits per heavy atom. The molecule has 0 aromatic heterocycles. The highest BCUT2D eigenvalue weighted by Gasteiger charge is 2.54. The maximum Gasteiger partial charge on any atom is 0.294 e. The van der Waals surface area contributed by atoms with Crippen LogP contribution in [0.15, 0.2) is 0 Å². The fraction of sp³-hybridized carbons (Fsp3) is 0.963. The van der Waals surface area contributed by atoms with Crippen molar-refractivity contribution in [1.29, 1.82) is 0 Å². The van der Waals surface area contributed by atoms with Crippen LogP contribution in [0, 0.1) is 0 Å². The number of rotatable bonds is 13. The van der Waals surface area contributed by atoms with Gasteiger partial charge in [-0.25, -0.2) is 8.78 Å². The van der Waals surface area contributed by atoms with E-state index in [1.54, 1.807) is 0 Å². The molecule has 0 aromatic rings. The Hall–Kier alpha value is -1.31. The second-order valence-corrected chi connectivity index (χ2v) is 12.6. The summed E-state index contributed by atoms with van der Waals surface area (Å²) in [4.78, 5) is 12.6. The van der Waals surface area contributed by atoms with Gasteiger partial charge in [-0.05, 0) is 32.1 Å². The predicted octanol–water partition coefficient (Wildman–Crippen LogP) is -5.67. The smallest absolute Gasteiger partial charge is 0.294 e. The fourth-order valence-electron chi connectivity index (χ4n) is 6.24. The molecule has 3 saturated heterocycles. The van der Waals surface area contributed by atoms with Crippen LogP contribution in [0.1, 0.15) is 32.1 Å². The maximum atomic E-state index is 14.0.